The molecule has 1 fully saturated rings. The third kappa shape index (κ3) is 5.06. The molecule has 0 radical (unpaired) electrons. The molecule has 4 N–H and O–H groups in total. The molecule has 3 rings (SSSR count). The second-order valence-electron chi connectivity index (χ2n) is 6.01. The molecule has 0 spiro atoms. The number of hydrogen-bond donors (Lipinski definition) is 4. The minimum absolute atomic E-state index is 0.0256. The average molecular weight is 338 g/mol. The van der Waals surface area contributed by atoms with Crippen molar-refractivity contribution >= 4 is 23.3 Å². The van der Waals surface area contributed by atoms with Crippen molar-refractivity contribution < 1.29 is 9.59 Å². The van der Waals surface area contributed by atoms with Crippen molar-refractivity contribution in [1.82, 2.24) is 10.6 Å². The van der Waals surface area contributed by atoms with Gasteiger partial charge in [-0.05, 0) is 49.2 Å². The molecule has 1 aliphatic rings. The van der Waals surface area contributed by atoms with Gasteiger partial charge in [-0.1, -0.05) is 30.3 Å². The van der Waals surface area contributed by atoms with Gasteiger partial charge in [0, 0.05) is 17.9 Å². The highest BCUT2D eigenvalue weighted by Crippen LogP contribution is 2.12. The third-order valence-electron chi connectivity index (χ3n) is 4.06. The van der Waals surface area contributed by atoms with Crippen molar-refractivity contribution in [3.63, 3.8) is 0 Å². The van der Waals surface area contributed by atoms with E-state index >= 15 is 0 Å². The lowest BCUT2D eigenvalue weighted by Gasteiger charge is -2.12. The maximum atomic E-state index is 12.0. The number of urea groups is 1. The van der Waals surface area contributed by atoms with Crippen molar-refractivity contribution in [2.24, 2.45) is 0 Å². The van der Waals surface area contributed by atoms with E-state index in [1.807, 2.05) is 54.6 Å². The molecule has 6 heteroatoms. The zero-order valence-corrected chi connectivity index (χ0v) is 13.9. The molecule has 2 aromatic rings. The molecular weight excluding hydrogens is 316 g/mol. The van der Waals surface area contributed by atoms with Crippen LogP contribution in [0.25, 0.3) is 0 Å². The second kappa shape index (κ2) is 8.30. The van der Waals surface area contributed by atoms with E-state index < -0.39 is 0 Å². The van der Waals surface area contributed by atoms with Crippen LogP contribution >= 0.6 is 0 Å². The van der Waals surface area contributed by atoms with Gasteiger partial charge in [0.25, 0.3) is 0 Å². The first-order valence-electron chi connectivity index (χ1n) is 8.44. The predicted octanol–water partition coefficient (Wildman–Crippen LogP) is 2.70. The number of nitrogens with one attached hydrogen (secondary N) is 4. The van der Waals surface area contributed by atoms with E-state index in [0.717, 1.165) is 30.6 Å². The Labute approximate surface area is 147 Å². The van der Waals surface area contributed by atoms with Gasteiger partial charge in [0.1, 0.15) is 0 Å². The molecular formula is C19H22N4O2. The van der Waals surface area contributed by atoms with Gasteiger partial charge in [0.2, 0.25) is 5.91 Å². The van der Waals surface area contributed by atoms with Crippen LogP contribution in [-0.4, -0.2) is 24.5 Å². The van der Waals surface area contributed by atoms with E-state index in [1.165, 1.54) is 0 Å². The van der Waals surface area contributed by atoms with Crippen LogP contribution in [0.15, 0.2) is 54.6 Å². The molecule has 1 saturated heterocycles. The van der Waals surface area contributed by atoms with Crippen LogP contribution in [0.1, 0.15) is 18.4 Å². The molecule has 1 heterocycles. The number of carbonyl (C=O) groups is 2. The maximum Gasteiger partial charge on any atom is 0.323 e. The molecule has 0 aliphatic carbocycles. The number of anilines is 2. The first kappa shape index (κ1) is 17.0. The summed E-state index contributed by atoms with van der Waals surface area (Å²) in [5.74, 6) is 0.0256. The topological polar surface area (TPSA) is 82.3 Å². The number of rotatable bonds is 5. The van der Waals surface area contributed by atoms with Crippen molar-refractivity contribution in [2.75, 3.05) is 17.2 Å². The molecule has 2 aromatic carbocycles. The summed E-state index contributed by atoms with van der Waals surface area (Å²) in [5.41, 5.74) is 2.34. The van der Waals surface area contributed by atoms with Gasteiger partial charge in [0.15, 0.2) is 0 Å². The maximum absolute atomic E-state index is 12.0. The number of amides is 3. The molecule has 25 heavy (non-hydrogen) atoms. The highest BCUT2D eigenvalue weighted by molar-refractivity contribution is 5.99. The molecule has 0 bridgehead atoms. The summed E-state index contributed by atoms with van der Waals surface area (Å²) in [6.45, 7) is 1.33. The predicted molar refractivity (Wildman–Crippen MR) is 98.4 cm³/mol. The van der Waals surface area contributed by atoms with Crippen molar-refractivity contribution in [3.8, 4) is 0 Å². The first-order valence-corrected chi connectivity index (χ1v) is 8.44. The lowest BCUT2D eigenvalue weighted by atomic mass is 10.2. The second-order valence-corrected chi connectivity index (χ2v) is 6.01. The molecule has 6 nitrogen and oxygen atoms in total. The average Bonchev–Trinajstić information content (AvgIpc) is 3.15. The highest BCUT2D eigenvalue weighted by atomic mass is 16.2. The lowest BCUT2D eigenvalue weighted by Crippen LogP contribution is -2.40. The minimum Gasteiger partial charge on any atom is -0.351 e. The fourth-order valence-corrected chi connectivity index (χ4v) is 2.79. The van der Waals surface area contributed by atoms with Gasteiger partial charge in [-0.25, -0.2) is 4.79 Å². The van der Waals surface area contributed by atoms with Crippen molar-refractivity contribution in [2.45, 2.75) is 25.4 Å². The number of carbonyl (C=O) groups excluding carboxylic acids is 2. The number of benzene rings is 2. The summed E-state index contributed by atoms with van der Waals surface area (Å²) in [6.07, 6.45) is 1.92. The zero-order chi connectivity index (χ0) is 17.5. The molecule has 3 amide bonds. The summed E-state index contributed by atoms with van der Waals surface area (Å²) >= 11 is 0. The molecule has 1 atom stereocenters. The number of hydrogen-bond acceptors (Lipinski definition) is 3. The lowest BCUT2D eigenvalue weighted by molar-refractivity contribution is -0.122. The zero-order valence-electron chi connectivity index (χ0n) is 13.9. The Balaban J connectivity index is 1.52. The third-order valence-corrected chi connectivity index (χ3v) is 4.06. The quantitative estimate of drug-likeness (QED) is 0.676. The molecule has 1 aliphatic heterocycles. The van der Waals surface area contributed by atoms with Gasteiger partial charge in [0.05, 0.1) is 6.04 Å². The Morgan fingerprint density at radius 1 is 1.00 bits per heavy atom. The Bertz CT molecular complexity index is 727. The van der Waals surface area contributed by atoms with Gasteiger partial charge >= 0.3 is 6.03 Å². The summed E-state index contributed by atoms with van der Waals surface area (Å²) in [5, 5.41) is 11.7. The van der Waals surface area contributed by atoms with Gasteiger partial charge in [-0.15, -0.1) is 0 Å². The fraction of sp³-hybridized carbons (Fsp3) is 0.263. The van der Waals surface area contributed by atoms with E-state index in [2.05, 4.69) is 21.3 Å². The standard InChI is InChI=1S/C19H22N4O2/c24-18(17-10-5-11-20-17)21-13-14-6-4-9-16(12-14)23-19(25)22-15-7-2-1-3-8-15/h1-4,6-9,12,17,20H,5,10-11,13H2,(H,21,24)(H2,22,23,25). The number of para-hydroxylation sites is 1. The fourth-order valence-electron chi connectivity index (χ4n) is 2.79. The molecule has 130 valence electrons. The summed E-state index contributed by atoms with van der Waals surface area (Å²) < 4.78 is 0. The van der Waals surface area contributed by atoms with E-state index in [1.54, 1.807) is 0 Å². The van der Waals surface area contributed by atoms with Crippen LogP contribution in [0.2, 0.25) is 0 Å². The molecule has 0 saturated carbocycles. The van der Waals surface area contributed by atoms with E-state index in [4.69, 9.17) is 0 Å². The monoisotopic (exact) mass is 338 g/mol. The summed E-state index contributed by atoms with van der Waals surface area (Å²) in [7, 11) is 0. The SMILES string of the molecule is O=C(Nc1ccccc1)Nc1cccc(CNC(=O)C2CCCN2)c1. The Morgan fingerprint density at radius 2 is 1.76 bits per heavy atom. The summed E-state index contributed by atoms with van der Waals surface area (Å²) in [4.78, 5) is 24.1. The summed E-state index contributed by atoms with van der Waals surface area (Å²) in [6, 6.07) is 16.3. The van der Waals surface area contributed by atoms with Gasteiger partial charge in [-0.3, -0.25) is 4.79 Å². The van der Waals surface area contributed by atoms with E-state index in [9.17, 15) is 9.59 Å². The Morgan fingerprint density at radius 3 is 2.52 bits per heavy atom. The minimum atomic E-state index is -0.303. The highest BCUT2D eigenvalue weighted by Gasteiger charge is 2.21. The van der Waals surface area contributed by atoms with Crippen LogP contribution in [0.4, 0.5) is 16.2 Å². The van der Waals surface area contributed by atoms with E-state index in [0.29, 0.717) is 12.2 Å². The first-order chi connectivity index (χ1) is 12.2. The van der Waals surface area contributed by atoms with Crippen molar-refractivity contribution in [3.05, 3.63) is 60.2 Å². The largest absolute Gasteiger partial charge is 0.351 e. The van der Waals surface area contributed by atoms with Crippen LogP contribution in [0.5, 0.6) is 0 Å². The molecule has 1 unspecified atom stereocenters. The van der Waals surface area contributed by atoms with Crippen LogP contribution in [0, 0.1) is 0 Å². The van der Waals surface area contributed by atoms with Gasteiger partial charge in [-0.2, -0.15) is 0 Å². The van der Waals surface area contributed by atoms with Crippen LogP contribution in [-0.2, 0) is 11.3 Å². The van der Waals surface area contributed by atoms with Crippen LogP contribution in [0.3, 0.4) is 0 Å². The Hall–Kier alpha value is -2.86. The van der Waals surface area contributed by atoms with Crippen molar-refractivity contribution in [1.29, 1.82) is 0 Å². The van der Waals surface area contributed by atoms with Crippen LogP contribution < -0.4 is 21.3 Å². The van der Waals surface area contributed by atoms with Gasteiger partial charge < -0.3 is 21.3 Å². The molecule has 0 aromatic heterocycles. The van der Waals surface area contributed by atoms with E-state index in [-0.39, 0.29) is 18.0 Å². The Kier molecular flexibility index (Phi) is 5.64. The smallest absolute Gasteiger partial charge is 0.323 e. The normalized spacial score (nSPS) is 16.2.